The number of hydrogen-bond acceptors (Lipinski definition) is 6. The smallest absolute Gasteiger partial charge is 0.343 e. The van der Waals surface area contributed by atoms with Gasteiger partial charge in [-0.2, -0.15) is 0 Å². The van der Waals surface area contributed by atoms with E-state index >= 15 is 0 Å². The fraction of sp³-hybridized carbons (Fsp3) is 0.536. The van der Waals surface area contributed by atoms with Crippen LogP contribution in [0.3, 0.4) is 0 Å². The summed E-state index contributed by atoms with van der Waals surface area (Å²) in [6.07, 6.45) is 6.96. The van der Waals surface area contributed by atoms with Crippen molar-refractivity contribution < 1.29 is 18.7 Å². The zero-order valence-corrected chi connectivity index (χ0v) is 21.2. The Morgan fingerprint density at radius 3 is 2.74 bits per heavy atom. The van der Waals surface area contributed by atoms with Crippen LogP contribution in [0.2, 0.25) is 0 Å². The highest BCUT2D eigenvalue weighted by atomic mass is 32.2. The van der Waals surface area contributed by atoms with Gasteiger partial charge in [-0.25, -0.2) is 9.18 Å². The number of nitrogens with zero attached hydrogens (tertiary/aromatic N) is 1. The van der Waals surface area contributed by atoms with E-state index in [9.17, 15) is 9.18 Å². The number of rotatable bonds is 7. The van der Waals surface area contributed by atoms with Crippen LogP contribution in [0.15, 0.2) is 35.2 Å². The van der Waals surface area contributed by atoms with E-state index < -0.39 is 5.97 Å². The molecule has 35 heavy (non-hydrogen) atoms. The lowest BCUT2D eigenvalue weighted by Crippen LogP contribution is -2.43. The molecule has 2 bridgehead atoms. The summed E-state index contributed by atoms with van der Waals surface area (Å²) in [6.45, 7) is 4.04. The van der Waals surface area contributed by atoms with Crippen LogP contribution in [-0.2, 0) is 11.2 Å². The van der Waals surface area contributed by atoms with Gasteiger partial charge < -0.3 is 14.2 Å². The first-order chi connectivity index (χ1) is 17.1. The molecule has 7 heteroatoms. The van der Waals surface area contributed by atoms with E-state index in [-0.39, 0.29) is 5.82 Å². The maximum absolute atomic E-state index is 14.3. The van der Waals surface area contributed by atoms with Crippen LogP contribution < -0.4 is 9.46 Å². The van der Waals surface area contributed by atoms with Gasteiger partial charge in [-0.05, 0) is 104 Å². The van der Waals surface area contributed by atoms with Crippen molar-refractivity contribution in [2.75, 3.05) is 25.0 Å². The number of esters is 1. The molecule has 2 saturated heterocycles. The molecule has 3 unspecified atom stereocenters. The lowest BCUT2D eigenvalue weighted by Gasteiger charge is -2.38. The molecule has 2 aromatic rings. The van der Waals surface area contributed by atoms with Gasteiger partial charge in [0, 0.05) is 22.9 Å². The van der Waals surface area contributed by atoms with Crippen LogP contribution >= 0.6 is 11.9 Å². The zero-order valence-electron chi connectivity index (χ0n) is 20.4. The third-order valence-electron chi connectivity index (χ3n) is 8.49. The van der Waals surface area contributed by atoms with E-state index in [4.69, 9.17) is 9.47 Å². The maximum atomic E-state index is 14.3. The van der Waals surface area contributed by atoms with Gasteiger partial charge in [-0.3, -0.25) is 4.90 Å². The van der Waals surface area contributed by atoms with E-state index in [2.05, 4.69) is 22.6 Å². The Morgan fingerprint density at radius 2 is 2.00 bits per heavy atom. The molecule has 1 N–H and O–H groups in total. The molecule has 3 heterocycles. The number of nitrogens with one attached hydrogen (secondary N) is 1. The van der Waals surface area contributed by atoms with E-state index in [1.54, 1.807) is 6.07 Å². The molecule has 2 aromatic carbocycles. The van der Waals surface area contributed by atoms with E-state index in [0.717, 1.165) is 35.4 Å². The van der Waals surface area contributed by atoms with Crippen LogP contribution in [0.5, 0.6) is 5.75 Å². The summed E-state index contributed by atoms with van der Waals surface area (Å²) < 4.78 is 28.8. The summed E-state index contributed by atoms with van der Waals surface area (Å²) in [5, 5.41) is 0. The van der Waals surface area contributed by atoms with E-state index in [1.807, 2.05) is 12.1 Å². The number of anilines is 1. The Kier molecular flexibility index (Phi) is 6.17. The lowest BCUT2D eigenvalue weighted by atomic mass is 9.86. The van der Waals surface area contributed by atoms with Crippen molar-refractivity contribution >= 4 is 23.6 Å². The largest absolute Gasteiger partial charge is 0.492 e. The Bertz CT molecular complexity index is 1130. The number of ether oxygens (including phenoxy) is 2. The van der Waals surface area contributed by atoms with Crippen LogP contribution in [-0.4, -0.2) is 43.2 Å². The second-order valence-electron chi connectivity index (χ2n) is 10.5. The fourth-order valence-electron chi connectivity index (χ4n) is 6.74. The van der Waals surface area contributed by atoms with Gasteiger partial charge >= 0.3 is 5.97 Å². The highest BCUT2D eigenvalue weighted by Crippen LogP contribution is 2.55. The first kappa shape index (κ1) is 23.2. The minimum atomic E-state index is -0.401. The van der Waals surface area contributed by atoms with Crippen molar-refractivity contribution in [2.24, 2.45) is 11.8 Å². The molecule has 0 amide bonds. The number of halogens is 1. The Morgan fingerprint density at radius 1 is 1.20 bits per heavy atom. The van der Waals surface area contributed by atoms with Crippen molar-refractivity contribution in [3.8, 4) is 5.75 Å². The molecule has 4 atom stereocenters. The quantitative estimate of drug-likeness (QED) is 0.373. The average molecular weight is 497 g/mol. The highest BCUT2D eigenvalue weighted by Gasteiger charge is 2.45. The van der Waals surface area contributed by atoms with Gasteiger partial charge in [-0.1, -0.05) is 13.0 Å². The lowest BCUT2D eigenvalue weighted by molar-refractivity contribution is 0.0596. The van der Waals surface area contributed by atoms with Crippen molar-refractivity contribution in [3.05, 3.63) is 52.8 Å². The summed E-state index contributed by atoms with van der Waals surface area (Å²) in [6, 6.07) is 10.4. The fourth-order valence-corrected chi connectivity index (χ4v) is 7.54. The van der Waals surface area contributed by atoms with Gasteiger partial charge in [0.2, 0.25) is 0 Å². The number of piperidine rings is 1. The zero-order chi connectivity index (χ0) is 24.1. The second-order valence-corrected chi connectivity index (χ2v) is 11.4. The SMILES string of the molecule is CCN1C2CCC1CC(Cc1cc(F)ccc1SNc1ccc3c(c1C(=O)OC)OC[C@@H]1CC31)C2. The third-order valence-corrected chi connectivity index (χ3v) is 9.43. The Balaban J connectivity index is 1.22. The van der Waals surface area contributed by atoms with E-state index in [1.165, 1.54) is 50.8 Å². The van der Waals surface area contributed by atoms with Crippen molar-refractivity contribution in [1.29, 1.82) is 0 Å². The van der Waals surface area contributed by atoms with Gasteiger partial charge in [0.05, 0.1) is 19.4 Å². The van der Waals surface area contributed by atoms with Gasteiger partial charge in [0.25, 0.3) is 0 Å². The van der Waals surface area contributed by atoms with Gasteiger partial charge in [-0.15, -0.1) is 0 Å². The van der Waals surface area contributed by atoms with Crippen molar-refractivity contribution in [2.45, 2.75) is 68.3 Å². The Labute approximate surface area is 210 Å². The molecule has 0 spiro atoms. The standard InChI is InChI=1S/C28H33FN2O3S/c1-3-31-20-5-6-21(31)12-16(11-20)10-17-13-19(29)4-9-25(17)35-30-24-8-7-22-23-14-18(23)15-34-27(22)26(24)28(32)33-2/h4,7-9,13,16,18,20-21,23,30H,3,5-6,10-12,14-15H2,1-2H3/t16?,18-,20?,21?,23?/m0/s1. The predicted octanol–water partition coefficient (Wildman–Crippen LogP) is 6.03. The molecule has 0 aromatic heterocycles. The van der Waals surface area contributed by atoms with Crippen LogP contribution in [0.1, 0.15) is 66.4 Å². The summed E-state index contributed by atoms with van der Waals surface area (Å²) in [7, 11) is 1.40. The molecule has 1 aliphatic carbocycles. The number of carbonyl (C=O) groups excluding carboxylic acids is 1. The average Bonchev–Trinajstić information content (AvgIpc) is 3.61. The van der Waals surface area contributed by atoms with Gasteiger partial charge in [0.15, 0.2) is 0 Å². The normalized spacial score (nSPS) is 28.6. The summed E-state index contributed by atoms with van der Waals surface area (Å²) in [4.78, 5) is 16.4. The number of hydrogen-bond donors (Lipinski definition) is 1. The van der Waals surface area contributed by atoms with Crippen LogP contribution in [0.25, 0.3) is 0 Å². The third kappa shape index (κ3) is 4.31. The van der Waals surface area contributed by atoms with Crippen molar-refractivity contribution in [1.82, 2.24) is 4.90 Å². The summed E-state index contributed by atoms with van der Waals surface area (Å²) in [5.74, 6) is 1.69. The van der Waals surface area contributed by atoms with Crippen LogP contribution in [0, 0.1) is 17.7 Å². The predicted molar refractivity (Wildman–Crippen MR) is 136 cm³/mol. The van der Waals surface area contributed by atoms with E-state index in [0.29, 0.717) is 53.4 Å². The first-order valence-electron chi connectivity index (χ1n) is 12.9. The number of carbonyl (C=O) groups is 1. The minimum absolute atomic E-state index is 0.199. The molecular weight excluding hydrogens is 463 g/mol. The molecular formula is C28H33FN2O3S. The molecule has 4 aliphatic rings. The summed E-state index contributed by atoms with van der Waals surface area (Å²) >= 11 is 1.43. The molecule has 186 valence electrons. The summed E-state index contributed by atoms with van der Waals surface area (Å²) in [5.41, 5.74) is 3.26. The minimum Gasteiger partial charge on any atom is -0.492 e. The topological polar surface area (TPSA) is 50.8 Å². The number of methoxy groups -OCH3 is 1. The molecule has 5 nitrogen and oxygen atoms in total. The number of fused-ring (bicyclic) bond motifs is 5. The molecule has 0 radical (unpaired) electrons. The van der Waals surface area contributed by atoms with Crippen molar-refractivity contribution in [3.63, 3.8) is 0 Å². The molecule has 1 saturated carbocycles. The first-order valence-corrected chi connectivity index (χ1v) is 13.7. The molecule has 3 fully saturated rings. The monoisotopic (exact) mass is 496 g/mol. The Hall–Kier alpha value is -2.25. The van der Waals surface area contributed by atoms with Crippen LogP contribution in [0.4, 0.5) is 10.1 Å². The molecule has 6 rings (SSSR count). The van der Waals surface area contributed by atoms with Gasteiger partial charge in [0.1, 0.15) is 17.1 Å². The molecule has 3 aliphatic heterocycles. The highest BCUT2D eigenvalue weighted by molar-refractivity contribution is 8.00. The number of benzene rings is 2. The second kappa shape index (κ2) is 9.32. The maximum Gasteiger partial charge on any atom is 0.343 e.